The maximum Gasteiger partial charge on any atom is 0.130 e. The third-order valence-electron chi connectivity index (χ3n) is 10.1. The van der Waals surface area contributed by atoms with Gasteiger partial charge in [0, 0.05) is 40.6 Å². The van der Waals surface area contributed by atoms with Gasteiger partial charge in [0.1, 0.15) is 11.9 Å². The maximum atomic E-state index is 7.71. The smallest absolute Gasteiger partial charge is 0.130 e. The van der Waals surface area contributed by atoms with E-state index in [2.05, 4.69) is 138 Å². The summed E-state index contributed by atoms with van der Waals surface area (Å²) >= 11 is 15.3. The number of rotatable bonds is 6. The zero-order valence-corrected chi connectivity index (χ0v) is 31.9. The molecule has 1 aliphatic heterocycles. The van der Waals surface area contributed by atoms with Gasteiger partial charge >= 0.3 is 0 Å². The van der Waals surface area contributed by atoms with E-state index < -0.39 is 5.38 Å². The van der Waals surface area contributed by atoms with Crippen LogP contribution in [0.5, 0.6) is 5.75 Å². The van der Waals surface area contributed by atoms with Crippen molar-refractivity contribution in [3.8, 4) is 5.75 Å². The number of hydrogen-bond donors (Lipinski definition) is 0. The Balaban J connectivity index is 1.51. The summed E-state index contributed by atoms with van der Waals surface area (Å²) in [6, 6.07) is 30.6. The summed E-state index contributed by atoms with van der Waals surface area (Å²) in [5.41, 5.74) is 15.4. The van der Waals surface area contributed by atoms with E-state index in [-0.39, 0.29) is 12.3 Å². The second-order valence-corrected chi connectivity index (χ2v) is 15.3. The van der Waals surface area contributed by atoms with E-state index in [9.17, 15) is 0 Å². The lowest BCUT2D eigenvalue weighted by atomic mass is 9.82. The van der Waals surface area contributed by atoms with Gasteiger partial charge in [-0.1, -0.05) is 89.5 Å². The number of allylic oxidation sites excluding steroid dienone is 2. The highest BCUT2D eigenvalue weighted by Gasteiger charge is 2.43. The second-order valence-electron chi connectivity index (χ2n) is 14.4. The fourth-order valence-electron chi connectivity index (χ4n) is 8.44. The normalized spacial score (nSPS) is 17.4. The van der Waals surface area contributed by atoms with Gasteiger partial charge in [-0.3, -0.25) is 0 Å². The average Bonchev–Trinajstić information content (AvgIpc) is 3.45. The number of alkyl halides is 1. The Hall–Kier alpha value is -4.18. The number of halogens is 2. The summed E-state index contributed by atoms with van der Waals surface area (Å²) < 4.78 is 6.25. The Labute approximate surface area is 307 Å². The van der Waals surface area contributed by atoms with Gasteiger partial charge in [-0.25, -0.2) is 0 Å². The van der Waals surface area contributed by atoms with Gasteiger partial charge in [-0.05, 0) is 129 Å². The first-order valence-corrected chi connectivity index (χ1v) is 18.5. The van der Waals surface area contributed by atoms with Crippen LogP contribution < -0.4 is 14.5 Å². The van der Waals surface area contributed by atoms with Crippen LogP contribution in [0.25, 0.3) is 28.0 Å². The molecular weight excluding hydrogens is 655 g/mol. The first-order chi connectivity index (χ1) is 23.9. The molecule has 1 saturated heterocycles. The van der Waals surface area contributed by atoms with Gasteiger partial charge < -0.3 is 14.5 Å². The van der Waals surface area contributed by atoms with Crippen LogP contribution in [0.4, 0.5) is 11.4 Å². The van der Waals surface area contributed by atoms with E-state index in [4.69, 9.17) is 27.9 Å². The van der Waals surface area contributed by atoms with E-state index in [1.165, 1.54) is 55.5 Å². The van der Waals surface area contributed by atoms with E-state index in [0.29, 0.717) is 5.03 Å². The second kappa shape index (κ2) is 13.5. The molecule has 1 unspecified atom stereocenters. The van der Waals surface area contributed by atoms with Crippen molar-refractivity contribution in [2.24, 2.45) is 0 Å². The molecule has 3 nitrogen and oxygen atoms in total. The number of anilines is 2. The van der Waals surface area contributed by atoms with Crippen LogP contribution in [0.3, 0.4) is 0 Å². The minimum atomic E-state index is -0.558. The molecule has 5 heteroatoms. The topological polar surface area (TPSA) is 15.7 Å². The van der Waals surface area contributed by atoms with E-state index >= 15 is 0 Å². The number of benzene rings is 5. The minimum Gasteiger partial charge on any atom is -0.490 e. The van der Waals surface area contributed by atoms with Crippen LogP contribution >= 0.6 is 23.2 Å². The van der Waals surface area contributed by atoms with Gasteiger partial charge in [0.2, 0.25) is 0 Å². The molecule has 0 amide bonds. The third kappa shape index (κ3) is 6.09. The molecule has 0 saturated carbocycles. The predicted molar refractivity (Wildman–Crippen MR) is 216 cm³/mol. The van der Waals surface area contributed by atoms with Crippen LogP contribution in [0.1, 0.15) is 63.9 Å². The lowest BCUT2D eigenvalue weighted by Gasteiger charge is -2.40. The molecule has 5 aromatic carbocycles. The summed E-state index contributed by atoms with van der Waals surface area (Å²) in [5, 5.41) is 2.44. The Morgan fingerprint density at radius 2 is 1.16 bits per heavy atom. The van der Waals surface area contributed by atoms with Crippen LogP contribution in [-0.2, 0) is 0 Å². The van der Waals surface area contributed by atoms with Crippen molar-refractivity contribution in [1.29, 1.82) is 0 Å². The molecule has 7 rings (SSSR count). The summed E-state index contributed by atoms with van der Waals surface area (Å²) in [7, 11) is 0. The number of para-hydroxylation sites is 1. The molecule has 0 N–H and O–H groups in total. The zero-order valence-electron chi connectivity index (χ0n) is 30.4. The first-order valence-electron chi connectivity index (χ1n) is 17.7. The molecule has 0 spiro atoms. The van der Waals surface area contributed by atoms with Gasteiger partial charge in [0.05, 0.1) is 11.5 Å². The van der Waals surface area contributed by atoms with Gasteiger partial charge in [-0.2, -0.15) is 0 Å². The Morgan fingerprint density at radius 1 is 0.680 bits per heavy atom. The molecule has 5 aromatic rings. The molecule has 1 aliphatic carbocycles. The average molecular weight is 702 g/mol. The van der Waals surface area contributed by atoms with E-state index in [1.807, 2.05) is 18.2 Å². The van der Waals surface area contributed by atoms with Crippen molar-refractivity contribution in [2.75, 3.05) is 22.9 Å². The molecule has 50 heavy (non-hydrogen) atoms. The van der Waals surface area contributed by atoms with Crippen LogP contribution in [0, 0.1) is 41.5 Å². The third-order valence-corrected chi connectivity index (χ3v) is 11.1. The predicted octanol–water partition coefficient (Wildman–Crippen LogP) is 11.9. The molecule has 0 bridgehead atoms. The molecule has 256 valence electrons. The quantitative estimate of drug-likeness (QED) is 0.164. The molecule has 0 aromatic heterocycles. The molecule has 1 atom stereocenters. The Bertz CT molecular complexity index is 2080. The van der Waals surface area contributed by atoms with Crippen molar-refractivity contribution < 1.29 is 4.74 Å². The van der Waals surface area contributed by atoms with Crippen molar-refractivity contribution in [3.05, 3.63) is 140 Å². The number of ether oxygens (including phenoxy) is 1. The largest absolute Gasteiger partial charge is 0.490 e. The summed E-state index contributed by atoms with van der Waals surface area (Å²) in [5.74, 6) is 0.830. The minimum absolute atomic E-state index is 0.0423. The van der Waals surface area contributed by atoms with Gasteiger partial charge in [0.25, 0.3) is 0 Å². The molecule has 0 radical (unpaired) electrons. The number of fused-ring (bicyclic) bond motifs is 2. The maximum absolute atomic E-state index is 7.71. The van der Waals surface area contributed by atoms with Crippen molar-refractivity contribution in [3.63, 3.8) is 0 Å². The first kappa shape index (κ1) is 34.3. The lowest BCUT2D eigenvalue weighted by Crippen LogP contribution is -2.43. The standard InChI is InChI=1S/C45H46Cl2N2O/c1-26(2)50-39-16-12-11-15-35(39)25-38-36-23-33-13-9-10-14-34(33)24-37(36)40(42(47)41(38)46)45-48(43-29(5)19-27(3)20-30(43)6)17-18-49(45)44-31(7)21-28(4)22-32(44)8/h9-16,19-26,41,45H,17-18H2,1-8H3. The lowest BCUT2D eigenvalue weighted by molar-refractivity contribution is 0.242. The molecule has 1 heterocycles. The Morgan fingerprint density at radius 3 is 1.68 bits per heavy atom. The SMILES string of the molecule is Cc1cc(C)c(N2CCN(c3c(C)cc(C)cc3C)C2C2=C(Cl)C(Cl)C(=Cc3ccccc3OC(C)C)c3cc4ccccc4cc32)c(C)c1. The van der Waals surface area contributed by atoms with Gasteiger partial charge in [-0.15, -0.1) is 11.6 Å². The molecular formula is C45H46Cl2N2O. The summed E-state index contributed by atoms with van der Waals surface area (Å²) in [6.07, 6.45) is 2.04. The van der Waals surface area contributed by atoms with Crippen LogP contribution in [-0.4, -0.2) is 30.7 Å². The van der Waals surface area contributed by atoms with Crippen LogP contribution in [0.15, 0.2) is 90.0 Å². The van der Waals surface area contributed by atoms with Crippen molar-refractivity contribution in [1.82, 2.24) is 0 Å². The monoisotopic (exact) mass is 700 g/mol. The number of hydrogen-bond acceptors (Lipinski definition) is 3. The highest BCUT2D eigenvalue weighted by molar-refractivity contribution is 6.44. The van der Waals surface area contributed by atoms with Crippen LogP contribution in [0.2, 0.25) is 0 Å². The fourth-order valence-corrected chi connectivity index (χ4v) is 9.06. The Kier molecular flexibility index (Phi) is 9.26. The van der Waals surface area contributed by atoms with E-state index in [1.54, 1.807) is 0 Å². The van der Waals surface area contributed by atoms with E-state index in [0.717, 1.165) is 46.7 Å². The molecule has 2 aliphatic rings. The fraction of sp³-hybridized carbons (Fsp3) is 0.289. The summed E-state index contributed by atoms with van der Waals surface area (Å²) in [4.78, 5) is 5.15. The molecule has 1 fully saturated rings. The highest BCUT2D eigenvalue weighted by Crippen LogP contribution is 2.51. The van der Waals surface area contributed by atoms with Crippen molar-refractivity contribution in [2.45, 2.75) is 73.0 Å². The van der Waals surface area contributed by atoms with Crippen molar-refractivity contribution >= 4 is 62.6 Å². The zero-order chi connectivity index (χ0) is 35.4. The van der Waals surface area contributed by atoms with Gasteiger partial charge in [0.15, 0.2) is 0 Å². The summed E-state index contributed by atoms with van der Waals surface area (Å²) in [6.45, 7) is 19.1. The highest BCUT2D eigenvalue weighted by atomic mass is 35.5. The number of nitrogens with zero attached hydrogens (tertiary/aromatic N) is 2. The number of aryl methyl sites for hydroxylation is 6.